The highest BCUT2D eigenvalue weighted by atomic mass is 19.4. The molecule has 4 N–H and O–H groups in total. The molecule has 1 saturated carbocycles. The van der Waals surface area contributed by atoms with E-state index in [1.54, 1.807) is 0 Å². The van der Waals surface area contributed by atoms with Gasteiger partial charge < -0.3 is 15.6 Å². The van der Waals surface area contributed by atoms with Crippen LogP contribution in [0.1, 0.15) is 35.1 Å². The molecule has 0 bridgehead atoms. The van der Waals surface area contributed by atoms with Crippen LogP contribution in [0.25, 0.3) is 0 Å². The van der Waals surface area contributed by atoms with E-state index in [9.17, 15) is 35.8 Å². The topological polar surface area (TPSA) is 67.5 Å². The number of likely N-dealkylation sites (N-methyl/N-ethyl adjacent to an activating group) is 1. The lowest BCUT2D eigenvalue weighted by Crippen LogP contribution is -2.57. The largest absolute Gasteiger partial charge is 0.416 e. The number of ether oxygens (including phenoxy) is 1. The van der Waals surface area contributed by atoms with Gasteiger partial charge >= 0.3 is 12.4 Å². The standard InChI is InChI=1S/C21H21F7N2O2/c1-30-17(31)19(29,12-2-4-16(22)5-3-12)11-32-18(6-7-18)13-8-14(20(23,24)25)10-15(9-13)21(26,27)28/h2-5,8-10,17,30-31H,6-7,11,29H2,1H3/t17?,19-/m1/s1. The van der Waals surface area contributed by atoms with Gasteiger partial charge in [-0.15, -0.1) is 0 Å². The van der Waals surface area contributed by atoms with Crippen LogP contribution < -0.4 is 11.1 Å². The average molecular weight is 466 g/mol. The van der Waals surface area contributed by atoms with Crippen LogP contribution in [0.3, 0.4) is 0 Å². The summed E-state index contributed by atoms with van der Waals surface area (Å²) in [7, 11) is 1.39. The van der Waals surface area contributed by atoms with E-state index in [-0.39, 0.29) is 30.0 Å². The molecule has 0 heterocycles. The number of nitrogens with two attached hydrogens (primary N) is 1. The second-order valence-electron chi connectivity index (χ2n) is 7.82. The minimum atomic E-state index is -4.99. The number of nitrogens with one attached hydrogen (secondary N) is 1. The molecule has 0 amide bonds. The van der Waals surface area contributed by atoms with Gasteiger partial charge in [-0.05, 0) is 61.3 Å². The van der Waals surface area contributed by atoms with Crippen molar-refractivity contribution in [1.82, 2.24) is 5.32 Å². The fraction of sp³-hybridized carbons (Fsp3) is 0.429. The number of rotatable bonds is 7. The lowest BCUT2D eigenvalue weighted by atomic mass is 9.89. The van der Waals surface area contributed by atoms with E-state index in [2.05, 4.69) is 5.32 Å². The highest BCUT2D eigenvalue weighted by molar-refractivity contribution is 5.39. The first-order valence-corrected chi connectivity index (χ1v) is 9.55. The molecule has 0 saturated heterocycles. The van der Waals surface area contributed by atoms with Crippen molar-refractivity contribution in [3.63, 3.8) is 0 Å². The maximum Gasteiger partial charge on any atom is 0.416 e. The van der Waals surface area contributed by atoms with Gasteiger partial charge in [0.15, 0.2) is 0 Å². The Balaban J connectivity index is 1.96. The fourth-order valence-electron chi connectivity index (χ4n) is 3.44. The van der Waals surface area contributed by atoms with Gasteiger partial charge in [0, 0.05) is 0 Å². The van der Waals surface area contributed by atoms with Crippen molar-refractivity contribution < 1.29 is 40.6 Å². The normalized spacial score (nSPS) is 18.8. The van der Waals surface area contributed by atoms with Crippen molar-refractivity contribution >= 4 is 0 Å². The lowest BCUT2D eigenvalue weighted by molar-refractivity contribution is -0.143. The molecule has 2 aromatic rings. The summed E-state index contributed by atoms with van der Waals surface area (Å²) in [6.45, 7) is -0.460. The Bertz CT molecular complexity index is 924. The quantitative estimate of drug-likeness (QED) is 0.422. The Labute approximate surface area is 179 Å². The first-order valence-electron chi connectivity index (χ1n) is 9.55. The molecule has 1 fully saturated rings. The molecule has 32 heavy (non-hydrogen) atoms. The molecule has 3 rings (SSSR count). The average Bonchev–Trinajstić information content (AvgIpc) is 3.51. The molecule has 0 aliphatic heterocycles. The molecule has 1 unspecified atom stereocenters. The maximum atomic E-state index is 13.3. The zero-order valence-electron chi connectivity index (χ0n) is 16.8. The Morgan fingerprint density at radius 2 is 1.47 bits per heavy atom. The smallest absolute Gasteiger partial charge is 0.376 e. The number of alkyl halides is 6. The van der Waals surface area contributed by atoms with Gasteiger partial charge in [0.2, 0.25) is 0 Å². The van der Waals surface area contributed by atoms with Crippen LogP contribution in [0.15, 0.2) is 42.5 Å². The number of hydrogen-bond donors (Lipinski definition) is 3. The van der Waals surface area contributed by atoms with Crippen LogP contribution in [0.5, 0.6) is 0 Å². The van der Waals surface area contributed by atoms with Crippen LogP contribution in [0.2, 0.25) is 0 Å². The molecule has 2 atom stereocenters. The molecule has 1 aliphatic carbocycles. The predicted octanol–water partition coefficient (Wildman–Crippen LogP) is 4.26. The lowest BCUT2D eigenvalue weighted by Gasteiger charge is -2.36. The molecule has 0 radical (unpaired) electrons. The van der Waals surface area contributed by atoms with Gasteiger partial charge in [-0.25, -0.2) is 4.39 Å². The molecule has 1 aliphatic rings. The van der Waals surface area contributed by atoms with Crippen LogP contribution in [-0.2, 0) is 28.2 Å². The van der Waals surface area contributed by atoms with E-state index < -0.39 is 53.3 Å². The van der Waals surface area contributed by atoms with Crippen molar-refractivity contribution in [3.8, 4) is 0 Å². The van der Waals surface area contributed by atoms with Crippen molar-refractivity contribution in [2.75, 3.05) is 13.7 Å². The van der Waals surface area contributed by atoms with Gasteiger partial charge in [0.1, 0.15) is 17.6 Å². The van der Waals surface area contributed by atoms with Crippen LogP contribution in [0, 0.1) is 5.82 Å². The first kappa shape index (κ1) is 24.4. The van der Waals surface area contributed by atoms with E-state index >= 15 is 0 Å². The van der Waals surface area contributed by atoms with Gasteiger partial charge in [-0.2, -0.15) is 26.3 Å². The predicted molar refractivity (Wildman–Crippen MR) is 101 cm³/mol. The van der Waals surface area contributed by atoms with Gasteiger partial charge in [0.25, 0.3) is 0 Å². The summed E-state index contributed by atoms with van der Waals surface area (Å²) in [5.41, 5.74) is 0.341. The summed E-state index contributed by atoms with van der Waals surface area (Å²) in [6, 6.07) is 6.15. The summed E-state index contributed by atoms with van der Waals surface area (Å²) in [5.74, 6) is -0.557. The maximum absolute atomic E-state index is 13.3. The zero-order chi connectivity index (χ0) is 23.9. The van der Waals surface area contributed by atoms with E-state index in [0.717, 1.165) is 12.1 Å². The Morgan fingerprint density at radius 1 is 0.969 bits per heavy atom. The van der Waals surface area contributed by atoms with Gasteiger partial charge in [0.05, 0.1) is 23.3 Å². The third kappa shape index (κ3) is 4.90. The van der Waals surface area contributed by atoms with Crippen molar-refractivity contribution in [2.24, 2.45) is 5.73 Å². The highest BCUT2D eigenvalue weighted by Crippen LogP contribution is 2.52. The number of aliphatic hydroxyl groups is 1. The SMILES string of the molecule is CNC(O)[C@@](N)(COC1(c2cc(C(F)(F)F)cc(C(F)(F)F)c2)CC1)c1ccc(F)cc1. The fourth-order valence-corrected chi connectivity index (χ4v) is 3.44. The molecule has 0 aromatic heterocycles. The summed E-state index contributed by atoms with van der Waals surface area (Å²) in [6.07, 6.45) is -11.0. The molecule has 4 nitrogen and oxygen atoms in total. The Kier molecular flexibility index (Phi) is 6.33. The van der Waals surface area contributed by atoms with E-state index in [1.807, 2.05) is 0 Å². The van der Waals surface area contributed by atoms with Gasteiger partial charge in [-0.1, -0.05) is 12.1 Å². The molecule has 2 aromatic carbocycles. The molecular formula is C21H21F7N2O2. The molecule has 176 valence electrons. The minimum Gasteiger partial charge on any atom is -0.376 e. The Hall–Kier alpha value is -2.21. The number of aliphatic hydroxyl groups excluding tert-OH is 1. The first-order chi connectivity index (χ1) is 14.7. The zero-order valence-corrected chi connectivity index (χ0v) is 16.8. The molecule has 0 spiro atoms. The van der Waals surface area contributed by atoms with E-state index in [0.29, 0.717) is 12.1 Å². The summed E-state index contributed by atoms with van der Waals surface area (Å²) >= 11 is 0. The third-order valence-electron chi connectivity index (χ3n) is 5.55. The second-order valence-corrected chi connectivity index (χ2v) is 7.82. The summed E-state index contributed by atoms with van der Waals surface area (Å²) < 4.78 is 98.4. The minimum absolute atomic E-state index is 0.0517. The highest BCUT2D eigenvalue weighted by Gasteiger charge is 2.50. The summed E-state index contributed by atoms with van der Waals surface area (Å²) in [4.78, 5) is 0. The van der Waals surface area contributed by atoms with E-state index in [1.165, 1.54) is 19.2 Å². The number of benzene rings is 2. The van der Waals surface area contributed by atoms with Crippen molar-refractivity contribution in [2.45, 2.75) is 42.6 Å². The van der Waals surface area contributed by atoms with Crippen molar-refractivity contribution in [3.05, 3.63) is 70.5 Å². The van der Waals surface area contributed by atoms with Crippen molar-refractivity contribution in [1.29, 1.82) is 0 Å². The Morgan fingerprint density at radius 3 is 1.88 bits per heavy atom. The van der Waals surface area contributed by atoms with E-state index in [4.69, 9.17) is 10.5 Å². The van der Waals surface area contributed by atoms with Gasteiger partial charge in [-0.3, -0.25) is 5.32 Å². The molecule has 11 heteroatoms. The van der Waals surface area contributed by atoms with Crippen LogP contribution in [0.4, 0.5) is 30.7 Å². The number of halogens is 7. The van der Waals surface area contributed by atoms with Crippen LogP contribution >= 0.6 is 0 Å². The number of hydrogen-bond acceptors (Lipinski definition) is 4. The second kappa shape index (κ2) is 8.29. The third-order valence-corrected chi connectivity index (χ3v) is 5.55. The van der Waals surface area contributed by atoms with Crippen LogP contribution in [-0.4, -0.2) is 25.0 Å². The summed E-state index contributed by atoms with van der Waals surface area (Å²) in [5, 5.41) is 12.9. The monoisotopic (exact) mass is 466 g/mol. The molecular weight excluding hydrogens is 445 g/mol.